The summed E-state index contributed by atoms with van der Waals surface area (Å²) in [5.74, 6) is -0.865. The topological polar surface area (TPSA) is 78.9 Å². The van der Waals surface area contributed by atoms with E-state index in [0.717, 1.165) is 70.6 Å². The molecule has 0 N–H and O–H groups in total. The summed E-state index contributed by atoms with van der Waals surface area (Å²) in [6.45, 7) is 6.67. The van der Waals surface area contributed by atoms with Crippen molar-refractivity contribution in [1.82, 2.24) is 0 Å². The first-order chi connectivity index (χ1) is 40.5. The number of allylic oxidation sites excluding steroid dienone is 6. The van der Waals surface area contributed by atoms with Gasteiger partial charge >= 0.3 is 17.9 Å². The molecule has 0 radical (unpaired) electrons. The molecule has 0 aromatic rings. The molecule has 1 unspecified atom stereocenters. The first-order valence-corrected chi connectivity index (χ1v) is 37.0. The van der Waals surface area contributed by atoms with Crippen molar-refractivity contribution in [3.8, 4) is 0 Å². The normalized spacial score (nSPS) is 12.2. The Morgan fingerprint density at radius 1 is 0.232 bits per heavy atom. The molecule has 0 aromatic heterocycles. The van der Waals surface area contributed by atoms with Crippen molar-refractivity contribution in [2.75, 3.05) is 13.2 Å². The maximum atomic E-state index is 12.9. The lowest BCUT2D eigenvalue weighted by Crippen LogP contribution is -2.30. The van der Waals surface area contributed by atoms with Gasteiger partial charge in [0.25, 0.3) is 0 Å². The van der Waals surface area contributed by atoms with Crippen LogP contribution in [0.3, 0.4) is 0 Å². The molecule has 1 atom stereocenters. The quantitative estimate of drug-likeness (QED) is 0.0261. The highest BCUT2D eigenvalue weighted by molar-refractivity contribution is 5.71. The minimum Gasteiger partial charge on any atom is -0.462 e. The third-order valence-electron chi connectivity index (χ3n) is 16.8. The highest BCUT2D eigenvalue weighted by Crippen LogP contribution is 2.19. The summed E-state index contributed by atoms with van der Waals surface area (Å²) in [6, 6.07) is 0. The molecular formula is C76H142O6. The minimum absolute atomic E-state index is 0.0734. The number of rotatable bonds is 69. The van der Waals surface area contributed by atoms with Crippen LogP contribution in [-0.4, -0.2) is 37.2 Å². The second kappa shape index (κ2) is 71.1. The fraction of sp³-hybridized carbons (Fsp3) is 0.882. The Morgan fingerprint density at radius 3 is 0.622 bits per heavy atom. The third kappa shape index (κ3) is 68.4. The summed E-state index contributed by atoms with van der Waals surface area (Å²) in [5.41, 5.74) is 0. The highest BCUT2D eigenvalue weighted by Gasteiger charge is 2.19. The fourth-order valence-electron chi connectivity index (χ4n) is 11.3. The molecule has 0 aliphatic rings. The standard InChI is InChI=1S/C76H142O6/c1-4-7-10-13-16-19-22-25-27-29-30-31-32-33-34-35-36-37-38-39-40-41-42-43-44-45-46-47-49-51-54-57-60-63-66-69-75(78)81-72-73(71-80-74(77)68-65-62-59-56-53-50-24-21-18-15-12-9-6-3)82-76(79)70-67-64-61-58-55-52-48-28-26-23-20-17-14-11-8-5-2/h21,24,28-30,48,73H,4-20,22-23,25-27,31-47,49-72H2,1-3H3/b24-21-,30-29-,48-28-. The molecule has 0 spiro atoms. The molecule has 0 aromatic carbocycles. The summed E-state index contributed by atoms with van der Waals surface area (Å²) >= 11 is 0. The predicted molar refractivity (Wildman–Crippen MR) is 358 cm³/mol. The Hall–Kier alpha value is -2.37. The molecular weight excluding hydrogens is 1010 g/mol. The van der Waals surface area contributed by atoms with Gasteiger partial charge in [0.05, 0.1) is 0 Å². The lowest BCUT2D eigenvalue weighted by atomic mass is 10.0. The fourth-order valence-corrected chi connectivity index (χ4v) is 11.3. The predicted octanol–water partition coefficient (Wildman–Crippen LogP) is 25.5. The van der Waals surface area contributed by atoms with Crippen LogP contribution < -0.4 is 0 Å². The zero-order chi connectivity index (χ0) is 59.2. The van der Waals surface area contributed by atoms with Gasteiger partial charge < -0.3 is 14.2 Å². The average Bonchev–Trinajstić information content (AvgIpc) is 3.47. The van der Waals surface area contributed by atoms with E-state index in [0.29, 0.717) is 19.3 Å². The van der Waals surface area contributed by atoms with Gasteiger partial charge in [0.15, 0.2) is 6.10 Å². The van der Waals surface area contributed by atoms with Gasteiger partial charge in [-0.25, -0.2) is 0 Å². The van der Waals surface area contributed by atoms with Gasteiger partial charge in [-0.15, -0.1) is 0 Å². The minimum atomic E-state index is -0.778. The maximum absolute atomic E-state index is 12.9. The Morgan fingerprint density at radius 2 is 0.402 bits per heavy atom. The summed E-state index contributed by atoms with van der Waals surface area (Å²) in [7, 11) is 0. The van der Waals surface area contributed by atoms with Crippen LogP contribution in [0.15, 0.2) is 36.5 Å². The van der Waals surface area contributed by atoms with Gasteiger partial charge in [-0.1, -0.05) is 333 Å². The van der Waals surface area contributed by atoms with Gasteiger partial charge in [-0.2, -0.15) is 0 Å². The maximum Gasteiger partial charge on any atom is 0.306 e. The second-order valence-corrected chi connectivity index (χ2v) is 25.2. The van der Waals surface area contributed by atoms with E-state index in [-0.39, 0.29) is 31.1 Å². The van der Waals surface area contributed by atoms with Gasteiger partial charge in [0.1, 0.15) is 13.2 Å². The smallest absolute Gasteiger partial charge is 0.306 e. The van der Waals surface area contributed by atoms with Gasteiger partial charge in [-0.05, 0) is 96.3 Å². The molecule has 0 saturated heterocycles. The van der Waals surface area contributed by atoms with Crippen LogP contribution in [0.25, 0.3) is 0 Å². The van der Waals surface area contributed by atoms with Crippen molar-refractivity contribution >= 4 is 17.9 Å². The van der Waals surface area contributed by atoms with Crippen molar-refractivity contribution in [2.45, 2.75) is 419 Å². The van der Waals surface area contributed by atoms with E-state index < -0.39 is 6.10 Å². The Kier molecular flexibility index (Phi) is 69.1. The first-order valence-electron chi connectivity index (χ1n) is 37.0. The lowest BCUT2D eigenvalue weighted by Gasteiger charge is -2.18. The van der Waals surface area contributed by atoms with E-state index in [2.05, 4.69) is 57.2 Å². The van der Waals surface area contributed by atoms with E-state index in [1.165, 1.54) is 302 Å². The molecule has 6 nitrogen and oxygen atoms in total. The molecule has 0 saturated carbocycles. The van der Waals surface area contributed by atoms with Crippen molar-refractivity contribution < 1.29 is 28.6 Å². The summed E-state index contributed by atoms with van der Waals surface area (Å²) in [4.78, 5) is 38.4. The SMILES string of the molecule is CCCCCC/C=C\CCCCCCCC(=O)OCC(COC(=O)CCCCCCCCCCCCCCCCCCCCCCCCC/C=C\CCCCCCCCCC)OC(=O)CCCCCCC/C=C\CCCCCCCCC. The van der Waals surface area contributed by atoms with Crippen LogP contribution in [0, 0.1) is 0 Å². The molecule has 0 aliphatic carbocycles. The van der Waals surface area contributed by atoms with Crippen molar-refractivity contribution in [2.24, 2.45) is 0 Å². The molecule has 0 fully saturated rings. The number of carbonyl (C=O) groups excluding carboxylic acids is 3. The molecule has 0 amide bonds. The zero-order valence-corrected chi connectivity index (χ0v) is 55.5. The molecule has 482 valence electrons. The number of ether oxygens (including phenoxy) is 3. The van der Waals surface area contributed by atoms with E-state index >= 15 is 0 Å². The van der Waals surface area contributed by atoms with Crippen LogP contribution in [0.2, 0.25) is 0 Å². The second-order valence-electron chi connectivity index (χ2n) is 25.2. The van der Waals surface area contributed by atoms with Crippen LogP contribution in [0.4, 0.5) is 0 Å². The highest BCUT2D eigenvalue weighted by atomic mass is 16.6. The molecule has 6 heteroatoms. The number of carbonyl (C=O) groups is 3. The number of hydrogen-bond donors (Lipinski definition) is 0. The summed E-state index contributed by atoms with van der Waals surface area (Å²) in [5, 5.41) is 0. The number of hydrogen-bond acceptors (Lipinski definition) is 6. The van der Waals surface area contributed by atoms with Crippen LogP contribution >= 0.6 is 0 Å². The van der Waals surface area contributed by atoms with Gasteiger partial charge in [0, 0.05) is 19.3 Å². The lowest BCUT2D eigenvalue weighted by molar-refractivity contribution is -0.167. The Bertz CT molecular complexity index is 1370. The number of esters is 3. The molecule has 0 aliphatic heterocycles. The van der Waals surface area contributed by atoms with Crippen LogP contribution in [-0.2, 0) is 28.6 Å². The van der Waals surface area contributed by atoms with E-state index in [9.17, 15) is 14.4 Å². The van der Waals surface area contributed by atoms with Crippen LogP contribution in [0.1, 0.15) is 412 Å². The molecule has 0 bridgehead atoms. The zero-order valence-electron chi connectivity index (χ0n) is 55.5. The molecule has 0 heterocycles. The third-order valence-corrected chi connectivity index (χ3v) is 16.8. The largest absolute Gasteiger partial charge is 0.462 e. The van der Waals surface area contributed by atoms with Gasteiger partial charge in [0.2, 0.25) is 0 Å². The first kappa shape index (κ1) is 79.6. The Labute approximate surface area is 512 Å². The Balaban J connectivity index is 4.06. The van der Waals surface area contributed by atoms with Crippen LogP contribution in [0.5, 0.6) is 0 Å². The summed E-state index contributed by atoms with van der Waals surface area (Å²) in [6.07, 6.45) is 89.2. The van der Waals surface area contributed by atoms with Gasteiger partial charge in [-0.3, -0.25) is 14.4 Å². The van der Waals surface area contributed by atoms with E-state index in [4.69, 9.17) is 14.2 Å². The average molecular weight is 1150 g/mol. The summed E-state index contributed by atoms with van der Waals surface area (Å²) < 4.78 is 17.0. The van der Waals surface area contributed by atoms with Crippen molar-refractivity contribution in [3.05, 3.63) is 36.5 Å². The molecule has 0 rings (SSSR count). The number of unbranched alkanes of at least 4 members (excludes halogenated alkanes) is 52. The van der Waals surface area contributed by atoms with E-state index in [1.54, 1.807) is 0 Å². The van der Waals surface area contributed by atoms with Crippen molar-refractivity contribution in [1.29, 1.82) is 0 Å². The molecule has 82 heavy (non-hydrogen) atoms. The van der Waals surface area contributed by atoms with E-state index in [1.807, 2.05) is 0 Å². The monoisotopic (exact) mass is 1150 g/mol. The van der Waals surface area contributed by atoms with Crippen molar-refractivity contribution in [3.63, 3.8) is 0 Å².